The molecule has 2 aromatic carbocycles. The third-order valence-corrected chi connectivity index (χ3v) is 9.58. The predicted octanol–water partition coefficient (Wildman–Crippen LogP) is 6.91. The third kappa shape index (κ3) is 5.14. The van der Waals surface area contributed by atoms with Crippen molar-refractivity contribution in [2.45, 2.75) is 16.7 Å². The zero-order valence-corrected chi connectivity index (χ0v) is 21.4. The quantitative estimate of drug-likeness (QED) is 0.361. The molecule has 11 heteroatoms. The van der Waals surface area contributed by atoms with E-state index >= 15 is 0 Å². The minimum absolute atomic E-state index is 0.00450. The number of nitrogens with zero attached hydrogens (tertiary/aromatic N) is 1. The van der Waals surface area contributed by atoms with E-state index in [-0.39, 0.29) is 15.3 Å². The molecule has 0 spiro atoms. The van der Waals surface area contributed by atoms with Crippen molar-refractivity contribution < 1.29 is 13.2 Å². The lowest BCUT2D eigenvalue weighted by molar-refractivity contribution is 0.208. The fourth-order valence-electron chi connectivity index (χ4n) is 3.39. The number of halogens is 4. The molecule has 1 aliphatic heterocycles. The van der Waals surface area contributed by atoms with E-state index in [1.165, 1.54) is 0 Å². The van der Waals surface area contributed by atoms with Gasteiger partial charge in [0.25, 0.3) is 10.0 Å². The second kappa shape index (κ2) is 9.58. The number of rotatable bonds is 6. The maximum Gasteiger partial charge on any atom is 0.272 e. The lowest BCUT2D eigenvalue weighted by Crippen LogP contribution is -2.21. The van der Waals surface area contributed by atoms with E-state index in [1.807, 2.05) is 7.05 Å². The van der Waals surface area contributed by atoms with Crippen molar-refractivity contribution >= 4 is 73.5 Å². The van der Waals surface area contributed by atoms with Gasteiger partial charge in [0.1, 0.15) is 11.9 Å². The number of benzene rings is 2. The smallest absolute Gasteiger partial charge is 0.272 e. The number of nitrogens with one attached hydrogen (secondary N) is 1. The first-order valence-corrected chi connectivity index (χ1v) is 13.4. The van der Waals surface area contributed by atoms with Crippen LogP contribution in [0, 0.1) is 0 Å². The Morgan fingerprint density at radius 3 is 2.50 bits per heavy atom. The van der Waals surface area contributed by atoms with Crippen LogP contribution in [-0.4, -0.2) is 39.6 Å². The van der Waals surface area contributed by atoms with Crippen LogP contribution >= 0.6 is 57.7 Å². The number of anilines is 1. The molecular formula is C21H18Cl4N2O3S2. The summed E-state index contributed by atoms with van der Waals surface area (Å²) in [5.74, 6) is 0.431. The van der Waals surface area contributed by atoms with Crippen molar-refractivity contribution in [1.29, 1.82) is 0 Å². The molecule has 170 valence electrons. The Bertz CT molecular complexity index is 1260. The zero-order chi connectivity index (χ0) is 23.0. The summed E-state index contributed by atoms with van der Waals surface area (Å²) in [6.07, 6.45) is 0.885. The molecule has 0 amide bonds. The fourth-order valence-corrected chi connectivity index (χ4v) is 6.87. The Kier molecular flexibility index (Phi) is 7.17. The van der Waals surface area contributed by atoms with Crippen LogP contribution in [0.15, 0.2) is 46.0 Å². The van der Waals surface area contributed by atoms with Crippen LogP contribution in [0.3, 0.4) is 0 Å². The lowest BCUT2D eigenvalue weighted by Gasteiger charge is -2.16. The summed E-state index contributed by atoms with van der Waals surface area (Å²) in [5, 5.41) is 2.96. The monoisotopic (exact) mass is 550 g/mol. The lowest BCUT2D eigenvalue weighted by atomic mass is 10.1. The standard InChI is InChI=1S/C21H18Cl4N2O3S2/c1-27-7-6-14(10-27)30-19-9-13(3-5-17(19)23)26-32(28,29)21-20(25)15(11-31-21)12-2-4-16(22)18(24)8-12/h2-5,8-9,11,14,26H,6-7,10H2,1H3/t14-/m1/s1. The van der Waals surface area contributed by atoms with Crippen molar-refractivity contribution in [3.8, 4) is 16.9 Å². The molecule has 2 heterocycles. The normalized spacial score (nSPS) is 17.0. The molecular weight excluding hydrogens is 534 g/mol. The molecule has 1 fully saturated rings. The number of hydrogen-bond acceptors (Lipinski definition) is 5. The summed E-state index contributed by atoms with van der Waals surface area (Å²) in [6, 6.07) is 9.77. The third-order valence-electron chi connectivity index (χ3n) is 5.00. The highest BCUT2D eigenvalue weighted by atomic mass is 35.5. The van der Waals surface area contributed by atoms with Crippen molar-refractivity contribution in [3.05, 3.63) is 61.9 Å². The van der Waals surface area contributed by atoms with Gasteiger partial charge in [-0.2, -0.15) is 0 Å². The predicted molar refractivity (Wildman–Crippen MR) is 134 cm³/mol. The summed E-state index contributed by atoms with van der Waals surface area (Å²) in [6.45, 7) is 1.72. The molecule has 1 atom stereocenters. The van der Waals surface area contributed by atoms with Crippen molar-refractivity contribution in [3.63, 3.8) is 0 Å². The highest BCUT2D eigenvalue weighted by molar-refractivity contribution is 7.94. The van der Waals surface area contributed by atoms with Crippen molar-refractivity contribution in [2.24, 2.45) is 0 Å². The first kappa shape index (κ1) is 24.0. The molecule has 32 heavy (non-hydrogen) atoms. The number of likely N-dealkylation sites (N-methyl/N-ethyl adjacent to an activating group) is 1. The number of hydrogen-bond donors (Lipinski definition) is 1. The van der Waals surface area contributed by atoms with Gasteiger partial charge in [-0.3, -0.25) is 4.72 Å². The average Bonchev–Trinajstić information content (AvgIpc) is 3.32. The SMILES string of the molecule is CN1CC[C@@H](Oc2cc(NS(=O)(=O)c3scc(-c4ccc(Cl)c(Cl)c4)c3Cl)ccc2Cl)C1. The van der Waals surface area contributed by atoms with Gasteiger partial charge in [-0.1, -0.05) is 52.5 Å². The molecule has 0 bridgehead atoms. The van der Waals surface area contributed by atoms with Crippen LogP contribution in [0.25, 0.3) is 11.1 Å². The maximum atomic E-state index is 13.1. The number of likely N-dealkylation sites (tertiary alicyclic amines) is 1. The molecule has 4 rings (SSSR count). The molecule has 5 nitrogen and oxygen atoms in total. The molecule has 1 saturated heterocycles. The Hall–Kier alpha value is -1.19. The fraction of sp³-hybridized carbons (Fsp3) is 0.238. The van der Waals surface area contributed by atoms with Crippen molar-refractivity contribution in [1.82, 2.24) is 4.90 Å². The number of thiophene rings is 1. The molecule has 0 aliphatic carbocycles. The molecule has 1 aliphatic rings. The summed E-state index contributed by atoms with van der Waals surface area (Å²) < 4.78 is 34.7. The molecule has 0 saturated carbocycles. The Balaban J connectivity index is 1.58. The highest BCUT2D eigenvalue weighted by Crippen LogP contribution is 2.41. The molecule has 1 aromatic heterocycles. The minimum atomic E-state index is -3.94. The van der Waals surface area contributed by atoms with Gasteiger partial charge in [-0.15, -0.1) is 11.3 Å². The molecule has 0 unspecified atom stereocenters. The van der Waals surface area contributed by atoms with Gasteiger partial charge in [-0.05, 0) is 43.3 Å². The highest BCUT2D eigenvalue weighted by Gasteiger charge is 2.25. The van der Waals surface area contributed by atoms with Crippen LogP contribution in [0.2, 0.25) is 20.1 Å². The van der Waals surface area contributed by atoms with E-state index in [1.54, 1.807) is 41.8 Å². The van der Waals surface area contributed by atoms with E-state index in [0.29, 0.717) is 37.6 Å². The first-order chi connectivity index (χ1) is 15.1. The van der Waals surface area contributed by atoms with Crippen LogP contribution in [0.1, 0.15) is 6.42 Å². The second-order valence-electron chi connectivity index (χ2n) is 7.42. The van der Waals surface area contributed by atoms with E-state index < -0.39 is 10.0 Å². The largest absolute Gasteiger partial charge is 0.487 e. The average molecular weight is 552 g/mol. The van der Waals surface area contributed by atoms with Gasteiger partial charge in [0.15, 0.2) is 4.21 Å². The summed E-state index contributed by atoms with van der Waals surface area (Å²) in [7, 11) is -1.92. The van der Waals surface area contributed by atoms with Crippen LogP contribution < -0.4 is 9.46 Å². The summed E-state index contributed by atoms with van der Waals surface area (Å²) in [4.78, 5) is 2.16. The second-order valence-corrected chi connectivity index (χ2v) is 11.8. The Morgan fingerprint density at radius 2 is 1.81 bits per heavy atom. The van der Waals surface area contributed by atoms with Gasteiger partial charge in [0.05, 0.1) is 25.8 Å². The number of sulfonamides is 1. The Morgan fingerprint density at radius 1 is 1.06 bits per heavy atom. The zero-order valence-electron chi connectivity index (χ0n) is 16.7. The minimum Gasteiger partial charge on any atom is -0.487 e. The Labute approximate surface area is 210 Å². The molecule has 1 N–H and O–H groups in total. The molecule has 0 radical (unpaired) electrons. The van der Waals surface area contributed by atoms with Gasteiger partial charge >= 0.3 is 0 Å². The van der Waals surface area contributed by atoms with Crippen molar-refractivity contribution in [2.75, 3.05) is 24.9 Å². The van der Waals surface area contributed by atoms with E-state index in [0.717, 1.165) is 30.8 Å². The van der Waals surface area contributed by atoms with Gasteiger partial charge in [0.2, 0.25) is 0 Å². The van der Waals surface area contributed by atoms with E-state index in [4.69, 9.17) is 51.1 Å². The maximum absolute atomic E-state index is 13.1. The van der Waals surface area contributed by atoms with E-state index in [2.05, 4.69) is 9.62 Å². The molecule has 3 aromatic rings. The van der Waals surface area contributed by atoms with Crippen LogP contribution in [-0.2, 0) is 10.0 Å². The van der Waals surface area contributed by atoms with Crippen LogP contribution in [0.5, 0.6) is 5.75 Å². The van der Waals surface area contributed by atoms with Crippen LogP contribution in [0.4, 0.5) is 5.69 Å². The van der Waals surface area contributed by atoms with Gasteiger partial charge < -0.3 is 9.64 Å². The topological polar surface area (TPSA) is 58.6 Å². The van der Waals surface area contributed by atoms with Gasteiger partial charge in [0, 0.05) is 30.1 Å². The first-order valence-electron chi connectivity index (χ1n) is 9.54. The number of ether oxygens (including phenoxy) is 1. The van der Waals surface area contributed by atoms with E-state index in [9.17, 15) is 8.42 Å². The summed E-state index contributed by atoms with van der Waals surface area (Å²) >= 11 is 25.8. The summed E-state index contributed by atoms with van der Waals surface area (Å²) in [5.41, 5.74) is 1.56. The van der Waals surface area contributed by atoms with Gasteiger partial charge in [-0.25, -0.2) is 8.42 Å².